The van der Waals surface area contributed by atoms with Gasteiger partial charge in [0.15, 0.2) is 6.19 Å². The monoisotopic (exact) mass is 168 g/mol. The Hall–Kier alpha value is -0.710. The zero-order valence-corrected chi connectivity index (χ0v) is 8.10. The molecule has 0 amide bonds. The molecule has 0 aromatic heterocycles. The van der Waals surface area contributed by atoms with E-state index in [2.05, 4.69) is 12.2 Å². The van der Waals surface area contributed by atoms with Crippen LogP contribution in [-0.4, -0.2) is 6.54 Å². The quantitative estimate of drug-likeness (QED) is 0.343. The molecule has 2 nitrogen and oxygen atoms in total. The lowest BCUT2D eigenvalue weighted by atomic mass is 10.1. The molecule has 0 heterocycles. The van der Waals surface area contributed by atoms with E-state index in [0.717, 1.165) is 13.0 Å². The lowest BCUT2D eigenvalue weighted by Crippen LogP contribution is -2.06. The lowest BCUT2D eigenvalue weighted by Gasteiger charge is -1.99. The van der Waals surface area contributed by atoms with Gasteiger partial charge in [0.05, 0.1) is 0 Å². The highest BCUT2D eigenvalue weighted by atomic mass is 14.8. The first kappa shape index (κ1) is 11.3. The van der Waals surface area contributed by atoms with E-state index in [4.69, 9.17) is 5.26 Å². The number of nitriles is 1. The van der Waals surface area contributed by atoms with Gasteiger partial charge in [-0.15, -0.1) is 0 Å². The van der Waals surface area contributed by atoms with Crippen molar-refractivity contribution in [1.82, 2.24) is 5.32 Å². The van der Waals surface area contributed by atoms with Crippen molar-refractivity contribution >= 4 is 0 Å². The molecule has 0 saturated heterocycles. The average Bonchev–Trinajstić information content (AvgIpc) is 2.10. The molecule has 0 aliphatic rings. The van der Waals surface area contributed by atoms with Crippen LogP contribution < -0.4 is 5.32 Å². The van der Waals surface area contributed by atoms with Crippen molar-refractivity contribution in [3.63, 3.8) is 0 Å². The van der Waals surface area contributed by atoms with Gasteiger partial charge in [0.1, 0.15) is 0 Å². The second kappa shape index (κ2) is 10.3. The van der Waals surface area contributed by atoms with Crippen LogP contribution in [0.3, 0.4) is 0 Å². The van der Waals surface area contributed by atoms with E-state index in [1.165, 1.54) is 38.5 Å². The molecule has 0 radical (unpaired) electrons. The smallest absolute Gasteiger partial charge is 0.176 e. The second-order valence-corrected chi connectivity index (χ2v) is 3.16. The van der Waals surface area contributed by atoms with E-state index in [1.807, 2.05) is 6.19 Å². The number of unbranched alkanes of at least 4 members (excludes halogenated alkanes) is 6. The van der Waals surface area contributed by atoms with Crippen LogP contribution in [0, 0.1) is 11.5 Å². The third-order valence-corrected chi connectivity index (χ3v) is 1.98. The summed E-state index contributed by atoms with van der Waals surface area (Å²) in [6, 6.07) is 0. The van der Waals surface area contributed by atoms with Crippen LogP contribution in [0.1, 0.15) is 51.9 Å². The number of nitrogens with one attached hydrogen (secondary N) is 1. The van der Waals surface area contributed by atoms with Gasteiger partial charge in [0.25, 0.3) is 0 Å². The Balaban J connectivity index is 2.78. The van der Waals surface area contributed by atoms with Crippen LogP contribution in [0.5, 0.6) is 0 Å². The lowest BCUT2D eigenvalue weighted by molar-refractivity contribution is 0.584. The molecule has 0 unspecified atom stereocenters. The van der Waals surface area contributed by atoms with Gasteiger partial charge in [0, 0.05) is 6.54 Å². The highest BCUT2D eigenvalue weighted by Crippen LogP contribution is 2.05. The first-order valence-electron chi connectivity index (χ1n) is 5.03. The summed E-state index contributed by atoms with van der Waals surface area (Å²) in [5.74, 6) is 0. The molecule has 0 saturated carbocycles. The first-order chi connectivity index (χ1) is 5.91. The Morgan fingerprint density at radius 2 is 1.58 bits per heavy atom. The van der Waals surface area contributed by atoms with Gasteiger partial charge < -0.3 is 5.32 Å². The highest BCUT2D eigenvalue weighted by molar-refractivity contribution is 4.63. The molecule has 0 aromatic rings. The zero-order chi connectivity index (χ0) is 9.07. The SMILES string of the molecule is CCCCCCCCCNC#N. The van der Waals surface area contributed by atoms with E-state index in [0.29, 0.717) is 0 Å². The van der Waals surface area contributed by atoms with Crippen molar-refractivity contribution in [1.29, 1.82) is 5.26 Å². The van der Waals surface area contributed by atoms with Gasteiger partial charge in [-0.2, -0.15) is 5.26 Å². The van der Waals surface area contributed by atoms with Gasteiger partial charge in [-0.3, -0.25) is 0 Å². The van der Waals surface area contributed by atoms with Crippen LogP contribution >= 0.6 is 0 Å². The van der Waals surface area contributed by atoms with Gasteiger partial charge in [-0.1, -0.05) is 45.4 Å². The predicted octanol–water partition coefficient (Wildman–Crippen LogP) is 2.81. The summed E-state index contributed by atoms with van der Waals surface area (Å²) in [7, 11) is 0. The largest absolute Gasteiger partial charge is 0.324 e. The van der Waals surface area contributed by atoms with Crippen molar-refractivity contribution in [2.75, 3.05) is 6.54 Å². The molecule has 0 rings (SSSR count). The van der Waals surface area contributed by atoms with Crippen LogP contribution in [0.15, 0.2) is 0 Å². The van der Waals surface area contributed by atoms with Crippen LogP contribution in [0.25, 0.3) is 0 Å². The Morgan fingerprint density at radius 3 is 2.17 bits per heavy atom. The second-order valence-electron chi connectivity index (χ2n) is 3.16. The van der Waals surface area contributed by atoms with Gasteiger partial charge in [0.2, 0.25) is 0 Å². The molecule has 0 aliphatic heterocycles. The Kier molecular flexibility index (Phi) is 9.68. The summed E-state index contributed by atoms with van der Waals surface area (Å²) in [4.78, 5) is 0. The Bertz CT molecular complexity index is 115. The summed E-state index contributed by atoms with van der Waals surface area (Å²) < 4.78 is 0. The average molecular weight is 168 g/mol. The number of nitrogens with zero attached hydrogens (tertiary/aromatic N) is 1. The maximum Gasteiger partial charge on any atom is 0.176 e. The molecule has 0 aromatic carbocycles. The standard InChI is InChI=1S/C10H20N2/c1-2-3-4-5-6-7-8-9-12-10-11/h12H,2-9H2,1H3. The molecule has 0 spiro atoms. The van der Waals surface area contributed by atoms with Gasteiger partial charge in [-0.05, 0) is 6.42 Å². The number of hydrogen-bond acceptors (Lipinski definition) is 2. The highest BCUT2D eigenvalue weighted by Gasteiger charge is 1.89. The number of rotatable bonds is 8. The molecular weight excluding hydrogens is 148 g/mol. The molecule has 70 valence electrons. The summed E-state index contributed by atoms with van der Waals surface area (Å²) in [5, 5.41) is 10.8. The first-order valence-corrected chi connectivity index (χ1v) is 5.03. The summed E-state index contributed by atoms with van der Waals surface area (Å²) in [6.07, 6.45) is 11.1. The minimum atomic E-state index is 0.851. The Morgan fingerprint density at radius 1 is 1.00 bits per heavy atom. The molecule has 2 heteroatoms. The predicted molar refractivity (Wildman–Crippen MR) is 51.6 cm³/mol. The van der Waals surface area contributed by atoms with E-state index in [1.54, 1.807) is 0 Å². The van der Waals surface area contributed by atoms with Crippen molar-refractivity contribution in [2.45, 2.75) is 51.9 Å². The molecule has 0 atom stereocenters. The zero-order valence-electron chi connectivity index (χ0n) is 8.10. The van der Waals surface area contributed by atoms with Crippen molar-refractivity contribution in [3.8, 4) is 6.19 Å². The van der Waals surface area contributed by atoms with Crippen molar-refractivity contribution < 1.29 is 0 Å². The summed E-state index contributed by atoms with van der Waals surface area (Å²) in [5.41, 5.74) is 0. The topological polar surface area (TPSA) is 35.8 Å². The molecule has 12 heavy (non-hydrogen) atoms. The number of hydrogen-bond donors (Lipinski definition) is 1. The summed E-state index contributed by atoms with van der Waals surface area (Å²) in [6.45, 7) is 3.08. The fourth-order valence-corrected chi connectivity index (χ4v) is 1.23. The molecule has 0 bridgehead atoms. The van der Waals surface area contributed by atoms with Crippen LogP contribution in [0.2, 0.25) is 0 Å². The van der Waals surface area contributed by atoms with Gasteiger partial charge in [-0.25, -0.2) is 0 Å². The van der Waals surface area contributed by atoms with E-state index in [9.17, 15) is 0 Å². The fraction of sp³-hybridized carbons (Fsp3) is 0.900. The van der Waals surface area contributed by atoms with Crippen molar-refractivity contribution in [2.24, 2.45) is 0 Å². The minimum absolute atomic E-state index is 0.851. The molecule has 1 N–H and O–H groups in total. The van der Waals surface area contributed by atoms with E-state index < -0.39 is 0 Å². The molecule has 0 aliphatic carbocycles. The molecular formula is C10H20N2. The van der Waals surface area contributed by atoms with Crippen LogP contribution in [0.4, 0.5) is 0 Å². The summed E-state index contributed by atoms with van der Waals surface area (Å²) >= 11 is 0. The van der Waals surface area contributed by atoms with E-state index >= 15 is 0 Å². The van der Waals surface area contributed by atoms with Gasteiger partial charge >= 0.3 is 0 Å². The molecule has 0 fully saturated rings. The third kappa shape index (κ3) is 9.29. The third-order valence-electron chi connectivity index (χ3n) is 1.98. The maximum atomic E-state index is 8.18. The normalized spacial score (nSPS) is 9.33. The van der Waals surface area contributed by atoms with Crippen LogP contribution in [-0.2, 0) is 0 Å². The maximum absolute atomic E-state index is 8.18. The minimum Gasteiger partial charge on any atom is -0.324 e. The fourth-order valence-electron chi connectivity index (χ4n) is 1.23. The van der Waals surface area contributed by atoms with Crippen molar-refractivity contribution in [3.05, 3.63) is 0 Å². The van der Waals surface area contributed by atoms with E-state index in [-0.39, 0.29) is 0 Å². The Labute approximate surface area is 76.0 Å².